The Kier molecular flexibility index (Phi) is 5.38. The fourth-order valence-corrected chi connectivity index (χ4v) is 2.32. The molecule has 2 rings (SSSR count). The highest BCUT2D eigenvalue weighted by atomic mass is 32.1. The Balaban J connectivity index is 2.08. The Morgan fingerprint density at radius 2 is 1.95 bits per heavy atom. The quantitative estimate of drug-likeness (QED) is 0.569. The minimum absolute atomic E-state index is 0.121. The Morgan fingerprint density at radius 1 is 1.24 bits per heavy atom. The highest BCUT2D eigenvalue weighted by Gasteiger charge is 2.22. The Morgan fingerprint density at radius 3 is 2.52 bits per heavy atom. The van der Waals surface area contributed by atoms with Gasteiger partial charge in [-0.25, -0.2) is 15.0 Å². The maximum atomic E-state index is 11.2. The zero-order valence-electron chi connectivity index (χ0n) is 11.6. The van der Waals surface area contributed by atoms with Crippen LogP contribution in [0.1, 0.15) is 19.0 Å². The predicted octanol–water partition coefficient (Wildman–Crippen LogP) is 2.32. The van der Waals surface area contributed by atoms with Crippen molar-refractivity contribution in [3.05, 3.63) is 33.0 Å². The molecule has 21 heavy (non-hydrogen) atoms. The molecule has 0 aliphatic rings. The first-order chi connectivity index (χ1) is 10.2. The molecule has 0 unspecified atom stereocenters. The molecule has 0 aliphatic heterocycles. The topological polar surface area (TPSA) is 106 Å². The summed E-state index contributed by atoms with van der Waals surface area (Å²) in [4.78, 5) is 22.8. The molecule has 8 nitrogen and oxygen atoms in total. The molecule has 0 fully saturated rings. The lowest BCUT2D eigenvalue weighted by molar-refractivity contribution is -0.383. The molecule has 0 bridgehead atoms. The second-order valence-corrected chi connectivity index (χ2v) is 4.98. The van der Waals surface area contributed by atoms with E-state index < -0.39 is 4.92 Å². The van der Waals surface area contributed by atoms with E-state index in [-0.39, 0.29) is 17.3 Å². The van der Waals surface area contributed by atoms with Crippen molar-refractivity contribution in [2.45, 2.75) is 19.8 Å². The van der Waals surface area contributed by atoms with Crippen molar-refractivity contribution in [3.63, 3.8) is 0 Å². The Labute approximate surface area is 125 Å². The van der Waals surface area contributed by atoms with Crippen LogP contribution >= 0.6 is 11.3 Å². The largest absolute Gasteiger partial charge is 0.364 e. The smallest absolute Gasteiger partial charge is 0.353 e. The molecular formula is C12H16N6O2S. The van der Waals surface area contributed by atoms with Gasteiger partial charge in [0.25, 0.3) is 0 Å². The van der Waals surface area contributed by atoms with Crippen molar-refractivity contribution >= 4 is 28.7 Å². The van der Waals surface area contributed by atoms with E-state index >= 15 is 0 Å². The van der Waals surface area contributed by atoms with Crippen LogP contribution in [-0.4, -0.2) is 33.0 Å². The molecule has 0 saturated carbocycles. The molecule has 9 heteroatoms. The van der Waals surface area contributed by atoms with Gasteiger partial charge in [0.15, 0.2) is 0 Å². The summed E-state index contributed by atoms with van der Waals surface area (Å²) in [7, 11) is 0. The van der Waals surface area contributed by atoms with E-state index in [4.69, 9.17) is 0 Å². The standard InChI is InChI=1S/C12H16N6O2S/c1-2-4-13-11-10(18(19)20)12(16-7-15-11)14-5-3-9-6-21-8-17-9/h6-8H,2-5H2,1H3,(H2,13,14,15,16). The van der Waals surface area contributed by atoms with Crippen molar-refractivity contribution in [1.29, 1.82) is 0 Å². The highest BCUT2D eigenvalue weighted by Crippen LogP contribution is 2.28. The van der Waals surface area contributed by atoms with Crippen molar-refractivity contribution in [2.75, 3.05) is 23.7 Å². The van der Waals surface area contributed by atoms with Gasteiger partial charge in [0, 0.05) is 24.9 Å². The fourth-order valence-electron chi connectivity index (χ4n) is 1.72. The molecule has 2 N–H and O–H groups in total. The minimum Gasteiger partial charge on any atom is -0.364 e. The third-order valence-electron chi connectivity index (χ3n) is 2.70. The summed E-state index contributed by atoms with van der Waals surface area (Å²) in [5.41, 5.74) is 2.59. The van der Waals surface area contributed by atoms with E-state index in [2.05, 4.69) is 25.6 Å². The molecule has 0 aliphatic carbocycles. The number of hydrogen-bond donors (Lipinski definition) is 2. The average molecular weight is 308 g/mol. The maximum absolute atomic E-state index is 11.2. The lowest BCUT2D eigenvalue weighted by atomic mass is 10.3. The first kappa shape index (κ1) is 15.1. The van der Waals surface area contributed by atoms with E-state index in [0.717, 1.165) is 12.1 Å². The van der Waals surface area contributed by atoms with Crippen LogP contribution in [0.3, 0.4) is 0 Å². The number of nitrogens with zero attached hydrogens (tertiary/aromatic N) is 4. The molecule has 0 saturated heterocycles. The van der Waals surface area contributed by atoms with Crippen LogP contribution in [0.2, 0.25) is 0 Å². The molecule has 2 heterocycles. The first-order valence-corrected chi connectivity index (χ1v) is 7.50. The van der Waals surface area contributed by atoms with Gasteiger partial charge in [0.2, 0.25) is 11.6 Å². The summed E-state index contributed by atoms with van der Waals surface area (Å²) in [5, 5.41) is 19.1. The summed E-state index contributed by atoms with van der Waals surface area (Å²) in [5.74, 6) is 0.469. The molecule has 2 aromatic heterocycles. The molecular weight excluding hydrogens is 292 g/mol. The SMILES string of the molecule is CCCNc1ncnc(NCCc2cscn2)c1[N+](=O)[O-]. The third-order valence-corrected chi connectivity index (χ3v) is 3.34. The van der Waals surface area contributed by atoms with Gasteiger partial charge in [0.1, 0.15) is 6.33 Å². The monoisotopic (exact) mass is 308 g/mol. The number of nitrogens with one attached hydrogen (secondary N) is 2. The van der Waals surface area contributed by atoms with Gasteiger partial charge in [-0.05, 0) is 6.42 Å². The lowest BCUT2D eigenvalue weighted by Crippen LogP contribution is -2.12. The van der Waals surface area contributed by atoms with Crippen LogP contribution in [0, 0.1) is 10.1 Å². The molecule has 0 aromatic carbocycles. The second-order valence-electron chi connectivity index (χ2n) is 4.26. The van der Waals surface area contributed by atoms with E-state index in [1.165, 1.54) is 17.7 Å². The van der Waals surface area contributed by atoms with Crippen LogP contribution in [0.5, 0.6) is 0 Å². The number of nitro groups is 1. The summed E-state index contributed by atoms with van der Waals surface area (Å²) in [6.07, 6.45) is 2.85. The van der Waals surface area contributed by atoms with Gasteiger partial charge in [-0.3, -0.25) is 10.1 Å². The van der Waals surface area contributed by atoms with Crippen LogP contribution < -0.4 is 10.6 Å². The van der Waals surface area contributed by atoms with Crippen LogP contribution in [-0.2, 0) is 6.42 Å². The number of anilines is 2. The van der Waals surface area contributed by atoms with Gasteiger partial charge in [-0.1, -0.05) is 6.92 Å². The number of hydrogen-bond acceptors (Lipinski definition) is 8. The van der Waals surface area contributed by atoms with Crippen LogP contribution in [0.4, 0.5) is 17.3 Å². The van der Waals surface area contributed by atoms with Crippen molar-refractivity contribution in [2.24, 2.45) is 0 Å². The second kappa shape index (κ2) is 7.48. The van der Waals surface area contributed by atoms with E-state index in [1.807, 2.05) is 12.3 Å². The van der Waals surface area contributed by atoms with Crippen molar-refractivity contribution in [1.82, 2.24) is 15.0 Å². The van der Waals surface area contributed by atoms with Gasteiger partial charge in [-0.15, -0.1) is 11.3 Å². The zero-order chi connectivity index (χ0) is 15.1. The third kappa shape index (κ3) is 4.09. The summed E-state index contributed by atoms with van der Waals surface area (Å²) in [6, 6.07) is 0. The lowest BCUT2D eigenvalue weighted by Gasteiger charge is -2.09. The average Bonchev–Trinajstić information content (AvgIpc) is 2.98. The fraction of sp³-hybridized carbons (Fsp3) is 0.417. The molecule has 0 radical (unpaired) electrons. The first-order valence-electron chi connectivity index (χ1n) is 6.56. The number of aromatic nitrogens is 3. The predicted molar refractivity (Wildman–Crippen MR) is 81.8 cm³/mol. The van der Waals surface area contributed by atoms with Crippen LogP contribution in [0.25, 0.3) is 0 Å². The highest BCUT2D eigenvalue weighted by molar-refractivity contribution is 7.07. The van der Waals surface area contributed by atoms with E-state index in [9.17, 15) is 10.1 Å². The zero-order valence-corrected chi connectivity index (χ0v) is 12.4. The Bertz CT molecular complexity index is 589. The normalized spacial score (nSPS) is 10.3. The van der Waals surface area contributed by atoms with Gasteiger partial charge >= 0.3 is 5.69 Å². The Hall–Kier alpha value is -2.29. The van der Waals surface area contributed by atoms with Crippen molar-refractivity contribution in [3.8, 4) is 0 Å². The summed E-state index contributed by atoms with van der Waals surface area (Å²) in [6.45, 7) is 3.12. The van der Waals surface area contributed by atoms with Gasteiger partial charge in [-0.2, -0.15) is 0 Å². The van der Waals surface area contributed by atoms with Crippen molar-refractivity contribution < 1.29 is 4.92 Å². The molecule has 0 amide bonds. The van der Waals surface area contributed by atoms with Crippen LogP contribution in [0.15, 0.2) is 17.2 Å². The summed E-state index contributed by atoms with van der Waals surface area (Å²) >= 11 is 1.52. The van der Waals surface area contributed by atoms with E-state index in [0.29, 0.717) is 19.5 Å². The molecule has 0 spiro atoms. The maximum Gasteiger partial charge on any atom is 0.353 e. The molecule has 2 aromatic rings. The minimum atomic E-state index is -0.469. The number of rotatable bonds is 8. The van der Waals surface area contributed by atoms with Gasteiger partial charge in [0.05, 0.1) is 16.1 Å². The van der Waals surface area contributed by atoms with E-state index in [1.54, 1.807) is 5.51 Å². The summed E-state index contributed by atoms with van der Waals surface area (Å²) < 4.78 is 0. The molecule has 112 valence electrons. The number of thiazole rings is 1. The molecule has 0 atom stereocenters. The van der Waals surface area contributed by atoms with Gasteiger partial charge < -0.3 is 10.6 Å².